The number of aliphatic hydroxyl groups excluding tert-OH is 1. The van der Waals surface area contributed by atoms with Crippen LogP contribution in [-0.2, 0) is 10.0 Å². The van der Waals surface area contributed by atoms with Gasteiger partial charge in [0.15, 0.2) is 0 Å². The molecule has 2 N–H and O–H groups in total. The van der Waals surface area contributed by atoms with E-state index in [1.807, 2.05) is 0 Å². The molecule has 0 aliphatic heterocycles. The molecule has 116 valence electrons. The van der Waals surface area contributed by atoms with E-state index in [0.717, 1.165) is 25.7 Å². The molecule has 0 aliphatic rings. The molecule has 0 heterocycles. The summed E-state index contributed by atoms with van der Waals surface area (Å²) in [6, 6.07) is 5.03. The predicted octanol–water partition coefficient (Wildman–Crippen LogP) is 2.20. The fraction of sp³-hybridized carbons (Fsp3) is 0.500. The van der Waals surface area contributed by atoms with E-state index in [1.54, 1.807) is 25.1 Å². The van der Waals surface area contributed by atoms with Gasteiger partial charge in [0.1, 0.15) is 6.61 Å². The zero-order valence-electron chi connectivity index (χ0n) is 12.6. The van der Waals surface area contributed by atoms with Crippen LogP contribution < -0.4 is 4.72 Å². The SMILES string of the molecule is CCCCCCNS(=O)(=O)c1cc(C#CCO)ccc1C. The first-order chi connectivity index (χ1) is 10.0. The summed E-state index contributed by atoms with van der Waals surface area (Å²) in [5.41, 5.74) is 1.27. The molecule has 0 saturated heterocycles. The van der Waals surface area contributed by atoms with Gasteiger partial charge in [0.05, 0.1) is 4.90 Å². The Morgan fingerprint density at radius 3 is 2.67 bits per heavy atom. The molecular formula is C16H23NO3S. The van der Waals surface area contributed by atoms with Crippen LogP contribution in [0.3, 0.4) is 0 Å². The van der Waals surface area contributed by atoms with E-state index in [1.165, 1.54) is 0 Å². The molecule has 0 atom stereocenters. The van der Waals surface area contributed by atoms with Crippen molar-refractivity contribution in [2.24, 2.45) is 0 Å². The Balaban J connectivity index is 2.82. The van der Waals surface area contributed by atoms with Crippen LogP contribution in [0.15, 0.2) is 23.1 Å². The third-order valence-corrected chi connectivity index (χ3v) is 4.71. The molecule has 0 amide bonds. The maximum absolute atomic E-state index is 12.3. The van der Waals surface area contributed by atoms with Gasteiger partial charge in [-0.2, -0.15) is 0 Å². The van der Waals surface area contributed by atoms with Crippen LogP contribution >= 0.6 is 0 Å². The smallest absolute Gasteiger partial charge is 0.240 e. The molecule has 1 aromatic carbocycles. The van der Waals surface area contributed by atoms with Crippen molar-refractivity contribution < 1.29 is 13.5 Å². The number of aliphatic hydroxyl groups is 1. The third-order valence-electron chi connectivity index (χ3n) is 3.11. The molecule has 0 unspecified atom stereocenters. The molecule has 0 spiro atoms. The Labute approximate surface area is 127 Å². The molecular weight excluding hydrogens is 286 g/mol. The highest BCUT2D eigenvalue weighted by Crippen LogP contribution is 2.16. The number of hydrogen-bond donors (Lipinski definition) is 2. The number of unbranched alkanes of at least 4 members (excludes halogenated alkanes) is 3. The first kappa shape index (κ1) is 17.7. The summed E-state index contributed by atoms with van der Waals surface area (Å²) in [6.45, 7) is 4.08. The lowest BCUT2D eigenvalue weighted by Crippen LogP contribution is -2.25. The fourth-order valence-corrected chi connectivity index (χ4v) is 3.29. The molecule has 0 radical (unpaired) electrons. The summed E-state index contributed by atoms with van der Waals surface area (Å²) in [5.74, 6) is 5.25. The van der Waals surface area contributed by atoms with Crippen molar-refractivity contribution in [3.63, 3.8) is 0 Å². The minimum absolute atomic E-state index is 0.244. The lowest BCUT2D eigenvalue weighted by Gasteiger charge is -2.09. The average Bonchev–Trinajstić information content (AvgIpc) is 2.46. The highest BCUT2D eigenvalue weighted by Gasteiger charge is 2.16. The minimum Gasteiger partial charge on any atom is -0.384 e. The third kappa shape index (κ3) is 5.88. The number of benzene rings is 1. The average molecular weight is 309 g/mol. The van der Waals surface area contributed by atoms with Gasteiger partial charge in [-0.25, -0.2) is 13.1 Å². The number of nitrogens with one attached hydrogen (secondary N) is 1. The number of rotatable bonds is 7. The first-order valence-corrected chi connectivity index (χ1v) is 8.69. The predicted molar refractivity (Wildman–Crippen MR) is 84.5 cm³/mol. The Kier molecular flexibility index (Phi) is 7.44. The van der Waals surface area contributed by atoms with Crippen LogP contribution in [0, 0.1) is 18.8 Å². The van der Waals surface area contributed by atoms with E-state index in [9.17, 15) is 8.42 Å². The van der Waals surface area contributed by atoms with Gasteiger partial charge in [0, 0.05) is 12.1 Å². The molecule has 4 nitrogen and oxygen atoms in total. The van der Waals surface area contributed by atoms with E-state index in [2.05, 4.69) is 23.5 Å². The van der Waals surface area contributed by atoms with Gasteiger partial charge >= 0.3 is 0 Å². The van der Waals surface area contributed by atoms with Gasteiger partial charge in [-0.1, -0.05) is 44.1 Å². The largest absolute Gasteiger partial charge is 0.384 e. The normalized spacial score (nSPS) is 11.0. The van der Waals surface area contributed by atoms with Crippen LogP contribution in [0.4, 0.5) is 0 Å². The molecule has 21 heavy (non-hydrogen) atoms. The molecule has 1 rings (SSSR count). The monoisotopic (exact) mass is 309 g/mol. The van der Waals surface area contributed by atoms with Crippen molar-refractivity contribution in [2.45, 2.75) is 44.4 Å². The van der Waals surface area contributed by atoms with Crippen molar-refractivity contribution in [3.8, 4) is 11.8 Å². The maximum atomic E-state index is 12.3. The molecule has 0 fully saturated rings. The molecule has 0 saturated carbocycles. The number of hydrogen-bond acceptors (Lipinski definition) is 3. The van der Waals surface area contributed by atoms with E-state index in [0.29, 0.717) is 17.7 Å². The van der Waals surface area contributed by atoms with Crippen LogP contribution in [0.25, 0.3) is 0 Å². The molecule has 5 heteroatoms. The minimum atomic E-state index is -3.51. The summed E-state index contributed by atoms with van der Waals surface area (Å²) in [7, 11) is -3.51. The van der Waals surface area contributed by atoms with Gasteiger partial charge in [0.2, 0.25) is 10.0 Å². The standard InChI is InChI=1S/C16H23NO3S/c1-3-4-5-6-11-17-21(19,20)16-13-15(8-7-12-18)10-9-14(16)2/h9-10,13,17-18H,3-6,11-12H2,1-2H3. The Hall–Kier alpha value is -1.35. The van der Waals surface area contributed by atoms with Crippen molar-refractivity contribution >= 4 is 10.0 Å². The lowest BCUT2D eigenvalue weighted by molar-refractivity contribution is 0.350. The summed E-state index contributed by atoms with van der Waals surface area (Å²) >= 11 is 0. The van der Waals surface area contributed by atoms with E-state index in [-0.39, 0.29) is 11.5 Å². The quantitative estimate of drug-likeness (QED) is 0.599. The van der Waals surface area contributed by atoms with Gasteiger partial charge in [-0.3, -0.25) is 0 Å². The Bertz CT molecular complexity index is 612. The van der Waals surface area contributed by atoms with Crippen LogP contribution in [0.1, 0.15) is 43.7 Å². The van der Waals surface area contributed by atoms with Crippen LogP contribution in [-0.4, -0.2) is 26.7 Å². The summed E-state index contributed by atoms with van der Waals surface area (Å²) in [6.07, 6.45) is 4.11. The van der Waals surface area contributed by atoms with Crippen molar-refractivity contribution in [3.05, 3.63) is 29.3 Å². The van der Waals surface area contributed by atoms with E-state index < -0.39 is 10.0 Å². The second-order valence-corrected chi connectivity index (χ2v) is 6.63. The highest BCUT2D eigenvalue weighted by atomic mass is 32.2. The molecule has 1 aromatic rings. The number of aryl methyl sites for hydroxylation is 1. The van der Waals surface area contributed by atoms with Crippen LogP contribution in [0.2, 0.25) is 0 Å². The Morgan fingerprint density at radius 1 is 1.24 bits per heavy atom. The topological polar surface area (TPSA) is 66.4 Å². The zero-order chi connectivity index (χ0) is 15.7. The van der Waals surface area contributed by atoms with E-state index >= 15 is 0 Å². The zero-order valence-corrected chi connectivity index (χ0v) is 13.5. The van der Waals surface area contributed by atoms with Gasteiger partial charge < -0.3 is 5.11 Å². The highest BCUT2D eigenvalue weighted by molar-refractivity contribution is 7.89. The summed E-state index contributed by atoms with van der Waals surface area (Å²) < 4.78 is 27.2. The van der Waals surface area contributed by atoms with E-state index in [4.69, 9.17) is 5.11 Å². The van der Waals surface area contributed by atoms with Crippen molar-refractivity contribution in [2.75, 3.05) is 13.2 Å². The summed E-state index contributed by atoms with van der Waals surface area (Å²) in [4.78, 5) is 0.253. The lowest BCUT2D eigenvalue weighted by atomic mass is 10.1. The van der Waals surface area contributed by atoms with Gasteiger partial charge in [-0.05, 0) is 31.0 Å². The van der Waals surface area contributed by atoms with Gasteiger partial charge in [0.25, 0.3) is 0 Å². The molecule has 0 bridgehead atoms. The molecule has 0 aromatic heterocycles. The van der Waals surface area contributed by atoms with Gasteiger partial charge in [-0.15, -0.1) is 0 Å². The first-order valence-electron chi connectivity index (χ1n) is 7.21. The van der Waals surface area contributed by atoms with Crippen LogP contribution in [0.5, 0.6) is 0 Å². The van der Waals surface area contributed by atoms with Crippen molar-refractivity contribution in [1.29, 1.82) is 0 Å². The fourth-order valence-electron chi connectivity index (χ4n) is 1.95. The Morgan fingerprint density at radius 2 is 2.00 bits per heavy atom. The summed E-state index contributed by atoms with van der Waals surface area (Å²) in [5, 5.41) is 8.69. The second-order valence-electron chi connectivity index (χ2n) is 4.90. The second kappa shape index (κ2) is 8.83. The number of sulfonamides is 1. The maximum Gasteiger partial charge on any atom is 0.240 e. The molecule has 0 aliphatic carbocycles. The van der Waals surface area contributed by atoms with Crippen molar-refractivity contribution in [1.82, 2.24) is 4.72 Å².